The average Bonchev–Trinajstić information content (AvgIpc) is 2.81. The van der Waals surface area contributed by atoms with Crippen LogP contribution in [0.4, 0.5) is 5.69 Å². The third kappa shape index (κ3) is 2.21. The van der Waals surface area contributed by atoms with E-state index in [2.05, 4.69) is 33.9 Å². The molecule has 1 atom stereocenters. The summed E-state index contributed by atoms with van der Waals surface area (Å²) in [5.41, 5.74) is 1.78. The lowest BCUT2D eigenvalue weighted by Crippen LogP contribution is -2.31. The van der Waals surface area contributed by atoms with E-state index < -0.39 is 0 Å². The third-order valence-corrected chi connectivity index (χ3v) is 3.55. The van der Waals surface area contributed by atoms with Crippen LogP contribution < -0.4 is 4.90 Å². The highest BCUT2D eigenvalue weighted by Crippen LogP contribution is 2.29. The largest absolute Gasteiger partial charge is 0.379 e. The zero-order chi connectivity index (χ0) is 11.5. The Morgan fingerprint density at radius 1 is 1.56 bits per heavy atom. The van der Waals surface area contributed by atoms with E-state index in [0.717, 1.165) is 29.8 Å². The lowest BCUT2D eigenvalue weighted by Gasteiger charge is -2.26. The number of nitriles is 1. The molecule has 0 bridgehead atoms. The lowest BCUT2D eigenvalue weighted by molar-refractivity contribution is 0.193. The summed E-state index contributed by atoms with van der Waals surface area (Å²) in [6.07, 6.45) is 1.06. The van der Waals surface area contributed by atoms with Crippen LogP contribution in [0.1, 0.15) is 12.0 Å². The number of rotatable bonds is 2. The number of ether oxygens (including phenoxy) is 1. The van der Waals surface area contributed by atoms with E-state index in [1.807, 2.05) is 18.2 Å². The predicted octanol–water partition coefficient (Wildman–Crippen LogP) is 2.55. The van der Waals surface area contributed by atoms with Crippen LogP contribution >= 0.6 is 15.9 Å². The van der Waals surface area contributed by atoms with E-state index in [9.17, 15) is 0 Å². The first kappa shape index (κ1) is 11.4. The summed E-state index contributed by atoms with van der Waals surface area (Å²) in [4.78, 5) is 2.21. The van der Waals surface area contributed by atoms with Gasteiger partial charge in [-0.25, -0.2) is 0 Å². The van der Waals surface area contributed by atoms with Gasteiger partial charge in [0, 0.05) is 18.1 Å². The molecule has 0 spiro atoms. The summed E-state index contributed by atoms with van der Waals surface area (Å²) in [5, 5.41) is 8.80. The van der Waals surface area contributed by atoms with Gasteiger partial charge in [0.05, 0.1) is 30.0 Å². The van der Waals surface area contributed by atoms with Crippen molar-refractivity contribution in [1.29, 1.82) is 5.26 Å². The first-order valence-electron chi connectivity index (χ1n) is 5.22. The van der Waals surface area contributed by atoms with Crippen LogP contribution in [-0.2, 0) is 4.74 Å². The van der Waals surface area contributed by atoms with Crippen LogP contribution in [0.3, 0.4) is 0 Å². The summed E-state index contributed by atoms with van der Waals surface area (Å²) >= 11 is 3.50. The fourth-order valence-corrected chi connectivity index (χ4v) is 2.55. The second-order valence-electron chi connectivity index (χ2n) is 3.91. The molecular weight excluding hydrogens is 268 g/mol. The molecule has 16 heavy (non-hydrogen) atoms. The maximum absolute atomic E-state index is 8.80. The number of hydrogen-bond donors (Lipinski definition) is 0. The van der Waals surface area contributed by atoms with E-state index in [0.29, 0.717) is 11.6 Å². The molecule has 0 N–H and O–H groups in total. The van der Waals surface area contributed by atoms with Gasteiger partial charge in [-0.2, -0.15) is 5.26 Å². The Morgan fingerprint density at radius 2 is 2.38 bits per heavy atom. The van der Waals surface area contributed by atoms with Crippen molar-refractivity contribution in [3.63, 3.8) is 0 Å². The third-order valence-electron chi connectivity index (χ3n) is 2.91. The first-order chi connectivity index (χ1) is 7.72. The molecule has 84 valence electrons. The molecule has 0 radical (unpaired) electrons. The number of nitrogens with zero attached hydrogens (tertiary/aromatic N) is 2. The molecule has 1 aliphatic heterocycles. The van der Waals surface area contributed by atoms with E-state index in [1.54, 1.807) is 0 Å². The zero-order valence-electron chi connectivity index (χ0n) is 9.11. The first-order valence-corrected chi connectivity index (χ1v) is 6.02. The molecule has 1 fully saturated rings. The molecule has 1 aliphatic rings. The SMILES string of the molecule is CN(c1ccc(C#N)cc1Br)C1CCOC1. The number of halogens is 1. The van der Waals surface area contributed by atoms with Gasteiger partial charge in [-0.1, -0.05) is 0 Å². The van der Waals surface area contributed by atoms with E-state index in [1.165, 1.54) is 0 Å². The van der Waals surface area contributed by atoms with E-state index in [-0.39, 0.29) is 0 Å². The molecule has 1 aromatic carbocycles. The molecule has 1 unspecified atom stereocenters. The van der Waals surface area contributed by atoms with Crippen LogP contribution in [-0.4, -0.2) is 26.3 Å². The van der Waals surface area contributed by atoms with Gasteiger partial charge in [0.2, 0.25) is 0 Å². The maximum Gasteiger partial charge on any atom is 0.0992 e. The summed E-state index contributed by atoms with van der Waals surface area (Å²) < 4.78 is 6.33. The van der Waals surface area contributed by atoms with Crippen molar-refractivity contribution >= 4 is 21.6 Å². The van der Waals surface area contributed by atoms with Crippen molar-refractivity contribution in [2.45, 2.75) is 12.5 Å². The number of likely N-dealkylation sites (N-methyl/N-ethyl adjacent to an activating group) is 1. The maximum atomic E-state index is 8.80. The minimum Gasteiger partial charge on any atom is -0.379 e. The standard InChI is InChI=1S/C12H13BrN2O/c1-15(10-4-5-16-8-10)12-3-2-9(7-14)6-11(12)13/h2-3,6,10H,4-5,8H2,1H3. The highest BCUT2D eigenvalue weighted by molar-refractivity contribution is 9.10. The fourth-order valence-electron chi connectivity index (χ4n) is 1.89. The van der Waals surface area contributed by atoms with Gasteiger partial charge in [-0.3, -0.25) is 0 Å². The lowest BCUT2D eigenvalue weighted by atomic mass is 10.1. The topological polar surface area (TPSA) is 36.3 Å². The molecule has 1 saturated heterocycles. The van der Waals surface area contributed by atoms with Crippen LogP contribution in [0.5, 0.6) is 0 Å². The van der Waals surface area contributed by atoms with Crippen molar-refractivity contribution in [2.24, 2.45) is 0 Å². The summed E-state index contributed by atoms with van der Waals surface area (Å²) in [7, 11) is 2.06. The molecule has 1 aromatic rings. The van der Waals surface area contributed by atoms with Crippen LogP contribution in [0.15, 0.2) is 22.7 Å². The molecular formula is C12H13BrN2O. The fraction of sp³-hybridized carbons (Fsp3) is 0.417. The number of hydrogen-bond acceptors (Lipinski definition) is 3. The summed E-state index contributed by atoms with van der Waals surface area (Å²) in [6, 6.07) is 8.23. The number of anilines is 1. The Kier molecular flexibility index (Phi) is 3.47. The van der Waals surface area contributed by atoms with Gasteiger partial charge in [0.25, 0.3) is 0 Å². The van der Waals surface area contributed by atoms with Crippen LogP contribution in [0.25, 0.3) is 0 Å². The summed E-state index contributed by atoms with van der Waals surface area (Å²) in [6.45, 7) is 1.62. The van der Waals surface area contributed by atoms with Gasteiger partial charge in [0.15, 0.2) is 0 Å². The second-order valence-corrected chi connectivity index (χ2v) is 4.76. The van der Waals surface area contributed by atoms with Gasteiger partial charge < -0.3 is 9.64 Å². The molecule has 3 nitrogen and oxygen atoms in total. The van der Waals surface area contributed by atoms with Gasteiger partial charge >= 0.3 is 0 Å². The predicted molar refractivity (Wildman–Crippen MR) is 66.5 cm³/mol. The molecule has 0 aromatic heterocycles. The number of benzene rings is 1. The van der Waals surface area contributed by atoms with Crippen molar-refractivity contribution in [2.75, 3.05) is 25.2 Å². The minimum atomic E-state index is 0.434. The Morgan fingerprint density at radius 3 is 2.94 bits per heavy atom. The van der Waals surface area contributed by atoms with Crippen molar-refractivity contribution in [1.82, 2.24) is 0 Å². The Bertz CT molecular complexity index is 422. The van der Waals surface area contributed by atoms with Gasteiger partial charge in [-0.05, 0) is 40.5 Å². The highest BCUT2D eigenvalue weighted by Gasteiger charge is 2.21. The monoisotopic (exact) mass is 280 g/mol. The van der Waals surface area contributed by atoms with Crippen molar-refractivity contribution < 1.29 is 4.74 Å². The van der Waals surface area contributed by atoms with Crippen LogP contribution in [0, 0.1) is 11.3 Å². The minimum absolute atomic E-state index is 0.434. The Hall–Kier alpha value is -1.05. The highest BCUT2D eigenvalue weighted by atomic mass is 79.9. The molecule has 0 saturated carbocycles. The second kappa shape index (κ2) is 4.86. The average molecular weight is 281 g/mol. The van der Waals surface area contributed by atoms with Crippen molar-refractivity contribution in [3.8, 4) is 6.07 Å². The zero-order valence-corrected chi connectivity index (χ0v) is 10.7. The molecule has 0 aliphatic carbocycles. The normalized spacial score (nSPS) is 19.4. The molecule has 0 amide bonds. The Labute approximate surface area is 104 Å². The smallest absolute Gasteiger partial charge is 0.0992 e. The quantitative estimate of drug-likeness (QED) is 0.835. The van der Waals surface area contributed by atoms with E-state index >= 15 is 0 Å². The Balaban J connectivity index is 2.23. The van der Waals surface area contributed by atoms with Gasteiger partial charge in [0.1, 0.15) is 0 Å². The van der Waals surface area contributed by atoms with Crippen LogP contribution in [0.2, 0.25) is 0 Å². The molecule has 1 heterocycles. The van der Waals surface area contributed by atoms with Crippen molar-refractivity contribution in [3.05, 3.63) is 28.2 Å². The summed E-state index contributed by atoms with van der Waals surface area (Å²) in [5.74, 6) is 0. The molecule has 4 heteroatoms. The van der Waals surface area contributed by atoms with Gasteiger partial charge in [-0.15, -0.1) is 0 Å². The van der Waals surface area contributed by atoms with E-state index in [4.69, 9.17) is 10.00 Å². The molecule has 2 rings (SSSR count).